The van der Waals surface area contributed by atoms with Crippen LogP contribution >= 0.6 is 39.3 Å². The summed E-state index contributed by atoms with van der Waals surface area (Å²) < 4.78 is 38.7. The lowest BCUT2D eigenvalue weighted by atomic mass is 10.2. The van der Waals surface area contributed by atoms with E-state index in [1.54, 1.807) is 6.20 Å². The molecule has 0 atom stereocenters. The minimum absolute atomic E-state index is 0.0819. The molecule has 0 unspecified atom stereocenters. The van der Waals surface area contributed by atoms with Crippen molar-refractivity contribution in [1.29, 1.82) is 0 Å². The Hall–Kier alpha value is -1.32. The lowest BCUT2D eigenvalue weighted by Crippen LogP contribution is -2.10. The highest BCUT2D eigenvalue weighted by Crippen LogP contribution is 2.32. The minimum Gasteiger partial charge on any atom is -0.398 e. The molecule has 2 aromatic rings. The van der Waals surface area contributed by atoms with Gasteiger partial charge in [-0.25, -0.2) is 9.98 Å². The predicted octanol–water partition coefficient (Wildman–Crippen LogP) is 5.27. The van der Waals surface area contributed by atoms with Crippen molar-refractivity contribution < 1.29 is 13.2 Å². The summed E-state index contributed by atoms with van der Waals surface area (Å²) in [5.74, 6) is 1.15. The maximum Gasteiger partial charge on any atom is 0.433 e. The first-order chi connectivity index (χ1) is 11.2. The molecule has 0 aliphatic heterocycles. The molecular formula is C14H11BrClF3N4S. The zero-order chi connectivity index (χ0) is 17.9. The maximum absolute atomic E-state index is 12.6. The fourth-order valence-corrected chi connectivity index (χ4v) is 3.18. The Balaban J connectivity index is 2.42. The van der Waals surface area contributed by atoms with Crippen molar-refractivity contribution in [3.8, 4) is 0 Å². The van der Waals surface area contributed by atoms with Gasteiger partial charge in [0.2, 0.25) is 0 Å². The molecule has 0 fully saturated rings. The van der Waals surface area contributed by atoms with Crippen molar-refractivity contribution in [3.05, 3.63) is 40.3 Å². The maximum atomic E-state index is 12.6. The molecule has 10 heteroatoms. The predicted molar refractivity (Wildman–Crippen MR) is 94.0 cm³/mol. The van der Waals surface area contributed by atoms with E-state index in [1.165, 1.54) is 11.8 Å². The van der Waals surface area contributed by atoms with Crippen molar-refractivity contribution >= 4 is 56.0 Å². The molecule has 0 aliphatic rings. The van der Waals surface area contributed by atoms with Crippen LogP contribution < -0.4 is 5.73 Å². The van der Waals surface area contributed by atoms with Crippen molar-refractivity contribution in [2.45, 2.75) is 18.0 Å². The fraction of sp³-hybridized carbons (Fsp3) is 0.214. The second-order valence-corrected chi connectivity index (χ2v) is 7.04. The van der Waals surface area contributed by atoms with E-state index in [-0.39, 0.29) is 16.4 Å². The number of hydrogen-bond donors (Lipinski definition) is 1. The fourth-order valence-electron chi connectivity index (χ4n) is 1.71. The molecule has 2 N–H and O–H groups in total. The summed E-state index contributed by atoms with van der Waals surface area (Å²) in [5, 5.41) is -0.0819. The largest absolute Gasteiger partial charge is 0.433 e. The van der Waals surface area contributed by atoms with Crippen molar-refractivity contribution in [2.75, 3.05) is 11.5 Å². The second-order valence-electron chi connectivity index (χ2n) is 4.47. The van der Waals surface area contributed by atoms with Gasteiger partial charge in [-0.2, -0.15) is 13.2 Å². The number of aromatic nitrogens is 2. The number of anilines is 1. The van der Waals surface area contributed by atoms with Gasteiger partial charge < -0.3 is 5.73 Å². The van der Waals surface area contributed by atoms with Crippen LogP contribution in [0, 0.1) is 0 Å². The smallest absolute Gasteiger partial charge is 0.398 e. The third kappa shape index (κ3) is 4.61. The van der Waals surface area contributed by atoms with E-state index in [2.05, 4.69) is 30.9 Å². The number of nitrogen functional groups attached to an aromatic ring is 1. The normalized spacial score (nSPS) is 12.5. The monoisotopic (exact) mass is 438 g/mol. The van der Waals surface area contributed by atoms with E-state index in [9.17, 15) is 13.2 Å². The van der Waals surface area contributed by atoms with Crippen molar-refractivity contribution in [2.24, 2.45) is 4.99 Å². The third-order valence-corrected chi connectivity index (χ3v) is 4.37. The number of thioether (sulfide) groups is 1. The average Bonchev–Trinajstić information content (AvgIpc) is 2.49. The van der Waals surface area contributed by atoms with E-state index in [4.69, 9.17) is 17.3 Å². The Kier molecular flexibility index (Phi) is 6.11. The molecule has 0 amide bonds. The molecule has 0 radical (unpaired) electrons. The number of hydrogen-bond acceptors (Lipinski definition) is 5. The van der Waals surface area contributed by atoms with Gasteiger partial charge in [0, 0.05) is 22.6 Å². The first-order valence-electron chi connectivity index (χ1n) is 6.58. The van der Waals surface area contributed by atoms with Gasteiger partial charge in [0.05, 0.1) is 10.5 Å². The summed E-state index contributed by atoms with van der Waals surface area (Å²) >= 11 is 10.9. The lowest BCUT2D eigenvalue weighted by molar-refractivity contribution is -0.141. The zero-order valence-corrected chi connectivity index (χ0v) is 15.4. The van der Waals surface area contributed by atoms with Gasteiger partial charge in [-0.1, -0.05) is 18.5 Å². The van der Waals surface area contributed by atoms with Crippen LogP contribution in [0.2, 0.25) is 0 Å². The van der Waals surface area contributed by atoms with Crippen LogP contribution in [0.25, 0.3) is 0 Å². The molecule has 0 aliphatic carbocycles. The van der Waals surface area contributed by atoms with Crippen molar-refractivity contribution in [1.82, 2.24) is 9.97 Å². The van der Waals surface area contributed by atoms with E-state index in [1.807, 2.05) is 13.0 Å². The summed E-state index contributed by atoms with van der Waals surface area (Å²) in [4.78, 5) is 12.5. The Labute approximate surface area is 153 Å². The Morgan fingerprint density at radius 1 is 1.33 bits per heavy atom. The van der Waals surface area contributed by atoms with Gasteiger partial charge in [0.25, 0.3) is 0 Å². The SMILES string of the molecule is CCSc1cc(Br)cnc1/N=C(\Cl)c1cnc(C(F)(F)F)cc1N. The summed E-state index contributed by atoms with van der Waals surface area (Å²) in [6.45, 7) is 1.97. The van der Waals surface area contributed by atoms with Gasteiger partial charge in [-0.05, 0) is 33.8 Å². The molecule has 0 saturated heterocycles. The molecule has 2 aromatic heterocycles. The third-order valence-electron chi connectivity index (χ3n) is 2.75. The van der Waals surface area contributed by atoms with Crippen LogP contribution in [0.1, 0.15) is 18.2 Å². The molecule has 2 heterocycles. The number of alkyl halides is 3. The molecule has 128 valence electrons. The number of nitrogens with two attached hydrogens (primary N) is 1. The van der Waals surface area contributed by atoms with Gasteiger partial charge in [-0.3, -0.25) is 4.98 Å². The van der Waals surface area contributed by atoms with Gasteiger partial charge in [0.1, 0.15) is 10.9 Å². The Morgan fingerprint density at radius 2 is 2.04 bits per heavy atom. The molecule has 0 saturated carbocycles. The average molecular weight is 440 g/mol. The molecular weight excluding hydrogens is 429 g/mol. The topological polar surface area (TPSA) is 64.2 Å². The van der Waals surface area contributed by atoms with Crippen LogP contribution in [-0.2, 0) is 6.18 Å². The minimum atomic E-state index is -4.57. The quantitative estimate of drug-likeness (QED) is 0.521. The Morgan fingerprint density at radius 3 is 2.62 bits per heavy atom. The zero-order valence-electron chi connectivity index (χ0n) is 12.2. The van der Waals surface area contributed by atoms with Crippen molar-refractivity contribution in [3.63, 3.8) is 0 Å². The number of nitrogens with zero attached hydrogens (tertiary/aromatic N) is 3. The number of rotatable bonds is 4. The first kappa shape index (κ1) is 19.0. The molecule has 0 spiro atoms. The summed E-state index contributed by atoms with van der Waals surface area (Å²) in [7, 11) is 0. The lowest BCUT2D eigenvalue weighted by Gasteiger charge is -2.09. The summed E-state index contributed by atoms with van der Waals surface area (Å²) in [6.07, 6.45) is -2.07. The van der Waals surface area contributed by atoms with E-state index in [0.717, 1.165) is 27.4 Å². The second kappa shape index (κ2) is 7.71. The van der Waals surface area contributed by atoms with Crippen LogP contribution in [-0.4, -0.2) is 20.9 Å². The van der Waals surface area contributed by atoms with E-state index >= 15 is 0 Å². The van der Waals surface area contributed by atoms with E-state index in [0.29, 0.717) is 5.82 Å². The summed E-state index contributed by atoms with van der Waals surface area (Å²) in [6, 6.07) is 2.56. The molecule has 24 heavy (non-hydrogen) atoms. The molecule has 2 rings (SSSR count). The van der Waals surface area contributed by atoms with Gasteiger partial charge in [0.15, 0.2) is 5.82 Å². The van der Waals surface area contributed by atoms with E-state index < -0.39 is 11.9 Å². The van der Waals surface area contributed by atoms with Crippen LogP contribution in [0.15, 0.2) is 38.9 Å². The van der Waals surface area contributed by atoms with Gasteiger partial charge >= 0.3 is 6.18 Å². The highest BCUT2D eigenvalue weighted by atomic mass is 79.9. The standard InChI is InChI=1S/C14H11BrClF3N4S/c1-2-24-10-3-7(15)5-22-13(10)23-12(16)8-6-21-11(4-9(8)20)14(17,18)19/h3-6H,2H2,1H3,(H2,20,21)/b23-12-. The number of aliphatic imine (C=N–C) groups is 1. The number of pyridine rings is 2. The highest BCUT2D eigenvalue weighted by molar-refractivity contribution is 9.10. The molecule has 4 nitrogen and oxygen atoms in total. The molecule has 0 aromatic carbocycles. The first-order valence-corrected chi connectivity index (χ1v) is 8.73. The van der Waals surface area contributed by atoms with Crippen LogP contribution in [0.3, 0.4) is 0 Å². The number of halogens is 5. The van der Waals surface area contributed by atoms with Crippen LogP contribution in [0.5, 0.6) is 0 Å². The molecule has 0 bridgehead atoms. The van der Waals surface area contributed by atoms with Crippen LogP contribution in [0.4, 0.5) is 24.7 Å². The Bertz CT molecular complexity index is 783. The highest BCUT2D eigenvalue weighted by Gasteiger charge is 2.33. The summed E-state index contributed by atoms with van der Waals surface area (Å²) in [5.41, 5.74) is 4.52. The van der Waals surface area contributed by atoms with Gasteiger partial charge in [-0.15, -0.1) is 11.8 Å².